The Labute approximate surface area is 394 Å². The van der Waals surface area contributed by atoms with Gasteiger partial charge in [-0.15, -0.1) is 5.11 Å². The van der Waals surface area contributed by atoms with Gasteiger partial charge in [-0.3, -0.25) is 9.44 Å². The first-order valence-corrected chi connectivity index (χ1v) is 28.0. The van der Waals surface area contributed by atoms with E-state index in [1.807, 2.05) is 20.8 Å². The first-order chi connectivity index (χ1) is 30.7. The molecule has 0 radical (unpaired) electrons. The Hall–Kier alpha value is -4.45. The van der Waals surface area contributed by atoms with Crippen LogP contribution in [0.5, 0.6) is 17.2 Å². The van der Waals surface area contributed by atoms with Gasteiger partial charge in [0.25, 0.3) is 10.0 Å². The Morgan fingerprint density at radius 2 is 1.18 bits per heavy atom. The molecule has 0 amide bonds. The molecule has 0 aliphatic heterocycles. The van der Waals surface area contributed by atoms with E-state index in [1.165, 1.54) is 107 Å². The number of unbranched alkanes of at least 4 members (excludes halogenated alkanes) is 13. The second-order valence-corrected chi connectivity index (χ2v) is 24.5. The predicted molar refractivity (Wildman–Crippen MR) is 268 cm³/mol. The van der Waals surface area contributed by atoms with E-state index in [9.17, 15) is 35.5 Å². The van der Waals surface area contributed by atoms with Crippen molar-refractivity contribution in [1.29, 1.82) is 0 Å². The Kier molecular flexibility index (Phi) is 18.9. The molecule has 0 saturated heterocycles. The van der Waals surface area contributed by atoms with Crippen LogP contribution in [0, 0.1) is 13.8 Å². The lowest BCUT2D eigenvalue weighted by atomic mass is 9.86. The van der Waals surface area contributed by atoms with Gasteiger partial charge in [-0.1, -0.05) is 123 Å². The molecule has 17 heteroatoms. The third-order valence-corrected chi connectivity index (χ3v) is 14.9. The lowest BCUT2D eigenvalue weighted by Gasteiger charge is -2.25. The number of phenols is 2. The monoisotopic (exact) mass is 971 g/mol. The number of ether oxygens (including phenoxy) is 1. The van der Waals surface area contributed by atoms with E-state index in [0.717, 1.165) is 37.1 Å². The molecule has 0 aliphatic rings. The molecular weight excluding hydrogens is 899 g/mol. The maximum atomic E-state index is 14.0. The Balaban J connectivity index is 1.52. The molecule has 0 aliphatic carbocycles. The number of hydrogen-bond donors (Lipinski definition) is 5. The molecule has 0 atom stereocenters. The topological polar surface area (TPSA) is 213 Å². The molecule has 0 heterocycles. The highest BCUT2D eigenvalue weighted by Crippen LogP contribution is 2.44. The van der Waals surface area contributed by atoms with Crippen LogP contribution in [0.15, 0.2) is 68.6 Å². The number of phenolic OH excluding ortho intramolecular Hbond substituents is 2. The quantitative estimate of drug-likeness (QED) is 0.0242. The van der Waals surface area contributed by atoms with E-state index < -0.39 is 51.7 Å². The number of anilines is 2. The second kappa shape index (κ2) is 23.0. The Morgan fingerprint density at radius 1 is 0.621 bits per heavy atom. The van der Waals surface area contributed by atoms with Crippen LogP contribution in [0.4, 0.5) is 22.7 Å². The van der Waals surface area contributed by atoms with Gasteiger partial charge in [0, 0.05) is 27.9 Å². The first-order valence-electron chi connectivity index (χ1n) is 23.1. The average Bonchev–Trinajstić information content (AvgIpc) is 3.19. The number of nitrogens with one attached hydrogen (secondary N) is 3. The maximum Gasteiger partial charge on any atom is 0.262 e. The molecule has 0 bridgehead atoms. The Morgan fingerprint density at radius 3 is 1.73 bits per heavy atom. The fraction of sp³-hybridized carbons (Fsp3) is 0.551. The van der Waals surface area contributed by atoms with Gasteiger partial charge in [0.05, 0.1) is 40.5 Å². The number of benzene rings is 4. The molecule has 0 unspecified atom stereocenters. The molecule has 66 heavy (non-hydrogen) atoms. The molecule has 366 valence electrons. The molecule has 14 nitrogen and oxygen atoms in total. The summed E-state index contributed by atoms with van der Waals surface area (Å²) in [5.74, 6) is -0.405. The number of aromatic hydroxyl groups is 2. The van der Waals surface area contributed by atoms with Gasteiger partial charge in [0.1, 0.15) is 22.1 Å². The smallest absolute Gasteiger partial charge is 0.262 e. The van der Waals surface area contributed by atoms with Gasteiger partial charge < -0.3 is 14.9 Å². The summed E-state index contributed by atoms with van der Waals surface area (Å²) in [6.45, 7) is 16.8. The van der Waals surface area contributed by atoms with E-state index in [-0.39, 0.29) is 44.2 Å². The van der Waals surface area contributed by atoms with Crippen molar-refractivity contribution in [3.63, 3.8) is 0 Å². The van der Waals surface area contributed by atoms with Crippen LogP contribution in [0.2, 0.25) is 0 Å². The summed E-state index contributed by atoms with van der Waals surface area (Å²) in [6, 6.07) is 11.4. The van der Waals surface area contributed by atoms with Gasteiger partial charge in [-0.25, -0.2) is 30.0 Å². The predicted octanol–water partition coefficient (Wildman–Crippen LogP) is 12.7. The maximum absolute atomic E-state index is 14.0. The van der Waals surface area contributed by atoms with Crippen molar-refractivity contribution in [3.05, 3.63) is 65.2 Å². The fourth-order valence-corrected chi connectivity index (χ4v) is 11.3. The highest BCUT2D eigenvalue weighted by atomic mass is 32.2. The number of azo groups is 1. The fourth-order valence-electron chi connectivity index (χ4n) is 7.76. The van der Waals surface area contributed by atoms with E-state index >= 15 is 0 Å². The van der Waals surface area contributed by atoms with Gasteiger partial charge in [0.2, 0.25) is 20.0 Å². The van der Waals surface area contributed by atoms with E-state index in [2.05, 4.69) is 31.3 Å². The summed E-state index contributed by atoms with van der Waals surface area (Å²) >= 11 is 0. The molecule has 4 aromatic rings. The van der Waals surface area contributed by atoms with Crippen molar-refractivity contribution in [2.75, 3.05) is 22.3 Å². The third kappa shape index (κ3) is 15.8. The third-order valence-electron chi connectivity index (χ3n) is 11.1. The van der Waals surface area contributed by atoms with Crippen LogP contribution in [-0.4, -0.2) is 53.9 Å². The number of hydrogen-bond acceptors (Lipinski definition) is 11. The standard InChI is InChI=1S/C49H73N5O9S3/c1-11-12-13-14-15-16-17-18-19-20-21-22-23-24-28-63-43-33-42(55)40(31-37(43)48(4,5)6)53-65(59,60)44-30-34(2)39(29-35(44)3)50-51-41-32-45(66(61,62)54-49(7,8)9)47(56)36-26-25-27-38(46(36)41)52-64(10,57)58/h25-27,29-33,52-56H,11-24,28H2,1-10H3. The average molecular weight is 972 g/mol. The van der Waals surface area contributed by atoms with Crippen LogP contribution in [0.3, 0.4) is 0 Å². The summed E-state index contributed by atoms with van der Waals surface area (Å²) < 4.78 is 93.4. The van der Waals surface area contributed by atoms with Crippen LogP contribution < -0.4 is 18.9 Å². The minimum absolute atomic E-state index is 0.00251. The number of nitrogens with zero attached hydrogens (tertiary/aromatic N) is 2. The highest BCUT2D eigenvalue weighted by molar-refractivity contribution is 7.93. The Bertz CT molecular complexity index is 2670. The lowest BCUT2D eigenvalue weighted by molar-refractivity contribution is 0.295. The second-order valence-electron chi connectivity index (χ2n) is 19.5. The molecule has 4 rings (SSSR count). The lowest BCUT2D eigenvalue weighted by Crippen LogP contribution is -2.40. The zero-order valence-corrected chi connectivity index (χ0v) is 43.0. The number of aryl methyl sites for hydroxylation is 2. The number of sulfonamides is 3. The van der Waals surface area contributed by atoms with Gasteiger partial charge in [-0.05, 0) is 87.9 Å². The van der Waals surface area contributed by atoms with Crippen molar-refractivity contribution < 1.29 is 40.2 Å². The van der Waals surface area contributed by atoms with E-state index in [1.54, 1.807) is 40.7 Å². The molecule has 0 fully saturated rings. The van der Waals surface area contributed by atoms with Gasteiger partial charge in [0.15, 0.2) is 0 Å². The van der Waals surface area contributed by atoms with Gasteiger partial charge in [-0.2, -0.15) is 5.11 Å². The number of rotatable bonds is 25. The van der Waals surface area contributed by atoms with Crippen LogP contribution >= 0.6 is 0 Å². The number of fused-ring (bicyclic) bond motifs is 1. The van der Waals surface area contributed by atoms with Crippen molar-refractivity contribution in [3.8, 4) is 17.2 Å². The van der Waals surface area contributed by atoms with Crippen LogP contribution in [0.25, 0.3) is 10.8 Å². The van der Waals surface area contributed by atoms with Crippen molar-refractivity contribution in [2.45, 2.75) is 173 Å². The molecule has 0 aromatic heterocycles. The molecule has 0 spiro atoms. The molecule has 5 N–H and O–H groups in total. The zero-order valence-electron chi connectivity index (χ0n) is 40.6. The normalized spacial score (nSPS) is 12.9. The van der Waals surface area contributed by atoms with E-state index in [0.29, 0.717) is 23.5 Å². The summed E-state index contributed by atoms with van der Waals surface area (Å²) in [5.41, 5.74) is 0.209. The highest BCUT2D eigenvalue weighted by Gasteiger charge is 2.29. The van der Waals surface area contributed by atoms with Crippen molar-refractivity contribution in [1.82, 2.24) is 4.72 Å². The van der Waals surface area contributed by atoms with Crippen LogP contribution in [-0.2, 0) is 35.5 Å². The molecular formula is C49H73N5O9S3. The molecule has 0 saturated carbocycles. The van der Waals surface area contributed by atoms with Gasteiger partial charge >= 0.3 is 0 Å². The summed E-state index contributed by atoms with van der Waals surface area (Å²) in [6.07, 6.45) is 18.5. The zero-order chi connectivity index (χ0) is 49.1. The first kappa shape index (κ1) is 54.2. The summed E-state index contributed by atoms with van der Waals surface area (Å²) in [4.78, 5) is -0.580. The van der Waals surface area contributed by atoms with E-state index in [4.69, 9.17) is 4.74 Å². The largest absolute Gasteiger partial charge is 0.506 e. The summed E-state index contributed by atoms with van der Waals surface area (Å²) in [7, 11) is -12.4. The minimum atomic E-state index is -4.33. The van der Waals surface area contributed by atoms with Crippen molar-refractivity contribution >= 4 is 63.6 Å². The van der Waals surface area contributed by atoms with Crippen LogP contribution in [0.1, 0.15) is 155 Å². The minimum Gasteiger partial charge on any atom is -0.506 e. The molecule has 4 aromatic carbocycles. The van der Waals surface area contributed by atoms with Crippen molar-refractivity contribution in [2.24, 2.45) is 10.2 Å². The summed E-state index contributed by atoms with van der Waals surface area (Å²) in [5, 5.41) is 31.2. The SMILES string of the molecule is CCCCCCCCCCCCCCCCOc1cc(O)c(NS(=O)(=O)c2cc(C)c(N=Nc3cc(S(=O)(=O)NC(C)(C)C)c(O)c4cccc(NS(C)(=O)=O)c34)cc2C)cc1C(C)(C)C.